The van der Waals surface area contributed by atoms with Gasteiger partial charge in [-0.3, -0.25) is 15.1 Å². The number of fused-ring (bicyclic) bond motifs is 2. The van der Waals surface area contributed by atoms with Gasteiger partial charge in [-0.25, -0.2) is 9.37 Å². The van der Waals surface area contributed by atoms with Crippen LogP contribution in [0.2, 0.25) is 0 Å². The lowest BCUT2D eigenvalue weighted by Crippen LogP contribution is -2.34. The van der Waals surface area contributed by atoms with Crippen LogP contribution in [-0.2, 0) is 0 Å². The van der Waals surface area contributed by atoms with Gasteiger partial charge in [0.15, 0.2) is 0 Å². The quantitative estimate of drug-likeness (QED) is 0.246. The maximum Gasteiger partial charge on any atom is 0.138 e. The molecule has 0 amide bonds. The van der Waals surface area contributed by atoms with Crippen molar-refractivity contribution in [1.29, 1.82) is 0 Å². The van der Waals surface area contributed by atoms with Crippen LogP contribution >= 0.6 is 0 Å². The number of H-pyrrole nitrogens is 2. The Morgan fingerprint density at radius 2 is 1.82 bits per heavy atom. The molecule has 0 aliphatic carbocycles. The van der Waals surface area contributed by atoms with Crippen molar-refractivity contribution in [1.82, 2.24) is 35.5 Å². The van der Waals surface area contributed by atoms with Crippen molar-refractivity contribution in [3.05, 3.63) is 72.9 Å². The number of halogens is 1. The Balaban J connectivity index is 1.26. The van der Waals surface area contributed by atoms with Gasteiger partial charge in [-0.2, -0.15) is 5.10 Å². The van der Waals surface area contributed by atoms with E-state index in [9.17, 15) is 9.50 Å². The number of phenols is 1. The summed E-state index contributed by atoms with van der Waals surface area (Å²) in [7, 11) is 0. The summed E-state index contributed by atoms with van der Waals surface area (Å²) in [5, 5.41) is 21.6. The Morgan fingerprint density at radius 1 is 0.923 bits per heavy atom. The molecule has 5 aromatic heterocycles. The van der Waals surface area contributed by atoms with Gasteiger partial charge in [0.25, 0.3) is 0 Å². The van der Waals surface area contributed by atoms with Crippen molar-refractivity contribution in [2.45, 2.75) is 18.9 Å². The van der Waals surface area contributed by atoms with Crippen molar-refractivity contribution in [2.75, 3.05) is 13.1 Å². The molecule has 0 spiro atoms. The molecular weight excluding hydrogens is 497 g/mol. The van der Waals surface area contributed by atoms with E-state index < -0.39 is 5.82 Å². The van der Waals surface area contributed by atoms with Gasteiger partial charge in [0.1, 0.15) is 34.6 Å². The van der Waals surface area contributed by atoms with Crippen molar-refractivity contribution in [3.63, 3.8) is 0 Å². The number of aromatic hydroxyl groups is 1. The number of piperidine rings is 1. The highest BCUT2D eigenvalue weighted by molar-refractivity contribution is 5.99. The monoisotopic (exact) mass is 521 g/mol. The highest BCUT2D eigenvalue weighted by Crippen LogP contribution is 2.34. The van der Waals surface area contributed by atoms with Crippen LogP contribution in [0.25, 0.3) is 55.8 Å². The third kappa shape index (κ3) is 4.44. The highest BCUT2D eigenvalue weighted by atomic mass is 19.1. The van der Waals surface area contributed by atoms with Gasteiger partial charge in [-0.05, 0) is 68.4 Å². The van der Waals surface area contributed by atoms with Crippen LogP contribution in [0.15, 0.2) is 67.1 Å². The standard InChI is InChI=1S/C29H24FN7O2/c30-18-9-16(10-19(38)12-18)27-22-13-26(34-24(22)5-8-33-27)29-28-25(36-37-29)2-1-23(35-28)17-11-21(15-32-14-17)39-20-3-6-31-7-4-20/h1-2,5,8-15,20,31,34,38H,3-4,6-7H2,(H,36,37). The number of rotatable bonds is 5. The third-order valence-electron chi connectivity index (χ3n) is 6.96. The van der Waals surface area contributed by atoms with Crippen LogP contribution in [0.5, 0.6) is 11.5 Å². The molecule has 10 heteroatoms. The van der Waals surface area contributed by atoms with Crippen LogP contribution in [-0.4, -0.2) is 54.4 Å². The number of hydrogen-bond acceptors (Lipinski definition) is 7. The predicted octanol–water partition coefficient (Wildman–Crippen LogP) is 5.21. The zero-order valence-corrected chi connectivity index (χ0v) is 20.8. The minimum atomic E-state index is -0.533. The van der Waals surface area contributed by atoms with E-state index in [4.69, 9.17) is 9.72 Å². The molecule has 0 unspecified atom stereocenters. The van der Waals surface area contributed by atoms with Gasteiger partial charge in [-0.15, -0.1) is 0 Å². The van der Waals surface area contributed by atoms with Crippen LogP contribution in [0, 0.1) is 5.82 Å². The Kier molecular flexibility index (Phi) is 5.66. The van der Waals surface area contributed by atoms with Crippen molar-refractivity contribution in [2.24, 2.45) is 0 Å². The topological polar surface area (TPSA) is 125 Å². The maximum absolute atomic E-state index is 14.0. The number of aromatic amines is 2. The third-order valence-corrected chi connectivity index (χ3v) is 6.96. The summed E-state index contributed by atoms with van der Waals surface area (Å²) in [6.07, 6.45) is 7.27. The van der Waals surface area contributed by atoms with Crippen LogP contribution < -0.4 is 10.1 Å². The number of benzene rings is 1. The number of nitrogens with one attached hydrogen (secondary N) is 3. The van der Waals surface area contributed by atoms with Gasteiger partial charge in [-0.1, -0.05) is 0 Å². The molecule has 1 aromatic carbocycles. The molecule has 1 saturated heterocycles. The summed E-state index contributed by atoms with van der Waals surface area (Å²) in [4.78, 5) is 17.2. The van der Waals surface area contributed by atoms with E-state index in [0.717, 1.165) is 71.1 Å². The molecule has 0 bridgehead atoms. The molecule has 1 aliphatic rings. The molecule has 6 heterocycles. The van der Waals surface area contributed by atoms with Crippen molar-refractivity contribution >= 4 is 21.9 Å². The Labute approximate surface area is 222 Å². The molecule has 6 aromatic rings. The summed E-state index contributed by atoms with van der Waals surface area (Å²) in [5.41, 5.74) is 6.30. The first-order valence-corrected chi connectivity index (χ1v) is 12.8. The minimum Gasteiger partial charge on any atom is -0.508 e. The van der Waals surface area contributed by atoms with Crippen LogP contribution in [0.3, 0.4) is 0 Å². The summed E-state index contributed by atoms with van der Waals surface area (Å²) in [6, 6.07) is 13.5. The molecule has 7 rings (SSSR count). The van der Waals surface area contributed by atoms with Gasteiger partial charge in [0.05, 0.1) is 28.8 Å². The number of ether oxygens (including phenoxy) is 1. The van der Waals surface area contributed by atoms with E-state index in [1.165, 1.54) is 12.1 Å². The number of hydrogen-bond donors (Lipinski definition) is 4. The lowest BCUT2D eigenvalue weighted by atomic mass is 10.1. The average Bonchev–Trinajstić information content (AvgIpc) is 3.57. The van der Waals surface area contributed by atoms with E-state index in [1.807, 2.05) is 30.3 Å². The van der Waals surface area contributed by atoms with Crippen LogP contribution in [0.4, 0.5) is 4.39 Å². The van der Waals surface area contributed by atoms with E-state index >= 15 is 0 Å². The lowest BCUT2D eigenvalue weighted by molar-refractivity contribution is 0.162. The summed E-state index contributed by atoms with van der Waals surface area (Å²) < 4.78 is 20.2. The van der Waals surface area contributed by atoms with Crippen molar-refractivity contribution < 1.29 is 14.2 Å². The number of nitrogens with zero attached hydrogens (tertiary/aromatic N) is 4. The zero-order chi connectivity index (χ0) is 26.3. The van der Waals surface area contributed by atoms with Gasteiger partial charge in [0, 0.05) is 40.5 Å². The number of phenolic OH excluding ortho intramolecular Hbond substituents is 1. The minimum absolute atomic E-state index is 0.158. The number of pyridine rings is 3. The average molecular weight is 522 g/mol. The fraction of sp³-hybridized carbons (Fsp3) is 0.172. The van der Waals surface area contributed by atoms with Gasteiger partial charge in [0.2, 0.25) is 0 Å². The second-order valence-corrected chi connectivity index (χ2v) is 9.64. The van der Waals surface area contributed by atoms with E-state index in [2.05, 4.69) is 30.5 Å². The first-order chi connectivity index (χ1) is 19.1. The van der Waals surface area contributed by atoms with Crippen molar-refractivity contribution in [3.8, 4) is 45.4 Å². The molecule has 0 radical (unpaired) electrons. The molecule has 39 heavy (non-hydrogen) atoms. The second kappa shape index (κ2) is 9.48. The smallest absolute Gasteiger partial charge is 0.138 e. The number of aromatic nitrogens is 6. The summed E-state index contributed by atoms with van der Waals surface area (Å²) in [5.74, 6) is 0.0383. The molecule has 194 valence electrons. The summed E-state index contributed by atoms with van der Waals surface area (Å²) in [6.45, 7) is 1.91. The Morgan fingerprint density at radius 3 is 2.69 bits per heavy atom. The molecule has 4 N–H and O–H groups in total. The fourth-order valence-corrected chi connectivity index (χ4v) is 5.10. The Bertz CT molecular complexity index is 1800. The highest BCUT2D eigenvalue weighted by Gasteiger charge is 2.18. The van der Waals surface area contributed by atoms with Crippen LogP contribution in [0.1, 0.15) is 12.8 Å². The first kappa shape index (κ1) is 23.3. The van der Waals surface area contributed by atoms with E-state index in [0.29, 0.717) is 22.5 Å². The first-order valence-electron chi connectivity index (χ1n) is 12.8. The summed E-state index contributed by atoms with van der Waals surface area (Å²) >= 11 is 0. The molecule has 9 nitrogen and oxygen atoms in total. The second-order valence-electron chi connectivity index (χ2n) is 9.64. The SMILES string of the molecule is Oc1cc(F)cc(-c2nccc3[nH]c(-c4n[nH]c5ccc(-c6cncc(OC7CCNCC7)c6)nc45)cc23)c1. The van der Waals surface area contributed by atoms with Gasteiger partial charge < -0.3 is 20.1 Å². The molecule has 1 fully saturated rings. The molecule has 1 aliphatic heterocycles. The molecular formula is C29H24FN7O2. The fourth-order valence-electron chi connectivity index (χ4n) is 5.10. The Hall–Kier alpha value is -4.83. The normalized spacial score (nSPS) is 14.3. The largest absolute Gasteiger partial charge is 0.508 e. The maximum atomic E-state index is 14.0. The lowest BCUT2D eigenvalue weighted by Gasteiger charge is -2.23. The molecule has 0 saturated carbocycles. The van der Waals surface area contributed by atoms with Gasteiger partial charge >= 0.3 is 0 Å². The zero-order valence-electron chi connectivity index (χ0n) is 20.8. The van der Waals surface area contributed by atoms with E-state index in [1.54, 1.807) is 18.6 Å². The van der Waals surface area contributed by atoms with E-state index in [-0.39, 0.29) is 11.9 Å². The predicted molar refractivity (Wildman–Crippen MR) is 146 cm³/mol. The molecule has 0 atom stereocenters.